The van der Waals surface area contributed by atoms with Crippen molar-refractivity contribution in [1.82, 2.24) is 0 Å². The Bertz CT molecular complexity index is 204. The first-order chi connectivity index (χ1) is 5.23. The molecule has 0 aromatic carbocycles. The fourth-order valence-electron chi connectivity index (χ4n) is 0.926. The average molecular weight is 171 g/mol. The monoisotopic (exact) mass is 171 g/mol. The smallest absolute Gasteiger partial charge is 0.0735 e. The van der Waals surface area contributed by atoms with E-state index in [1.54, 1.807) is 11.3 Å². The highest BCUT2D eigenvalue weighted by Gasteiger charge is 2.24. The van der Waals surface area contributed by atoms with E-state index in [1.807, 2.05) is 24.4 Å². The van der Waals surface area contributed by atoms with E-state index in [2.05, 4.69) is 0 Å². The molecule has 0 amide bonds. The SMILES string of the molecule is CC[C@@](N)(CO)c1cccs1. The number of aliphatic hydroxyl groups excluding tert-OH is 1. The van der Waals surface area contributed by atoms with Crippen LogP contribution in [-0.4, -0.2) is 11.7 Å². The molecule has 0 aliphatic carbocycles. The Kier molecular flexibility index (Phi) is 2.65. The highest BCUT2D eigenvalue weighted by molar-refractivity contribution is 7.10. The lowest BCUT2D eigenvalue weighted by Crippen LogP contribution is -2.38. The van der Waals surface area contributed by atoms with Gasteiger partial charge in [-0.15, -0.1) is 11.3 Å². The summed E-state index contributed by atoms with van der Waals surface area (Å²) in [5.41, 5.74) is 5.40. The van der Waals surface area contributed by atoms with Gasteiger partial charge in [0, 0.05) is 4.88 Å². The maximum Gasteiger partial charge on any atom is 0.0735 e. The Morgan fingerprint density at radius 2 is 2.45 bits per heavy atom. The van der Waals surface area contributed by atoms with E-state index in [0.717, 1.165) is 11.3 Å². The van der Waals surface area contributed by atoms with Crippen molar-refractivity contribution < 1.29 is 5.11 Å². The standard InChI is InChI=1S/C8H13NOS/c1-2-8(9,6-10)7-4-3-5-11-7/h3-5,10H,2,6,9H2,1H3/t8-/m1/s1. The number of nitrogens with two attached hydrogens (primary N) is 1. The lowest BCUT2D eigenvalue weighted by atomic mass is 9.97. The number of rotatable bonds is 3. The van der Waals surface area contributed by atoms with Gasteiger partial charge < -0.3 is 10.8 Å². The van der Waals surface area contributed by atoms with Gasteiger partial charge in [0.2, 0.25) is 0 Å². The first kappa shape index (κ1) is 8.71. The highest BCUT2D eigenvalue weighted by Crippen LogP contribution is 2.25. The average Bonchev–Trinajstić information content (AvgIpc) is 2.55. The summed E-state index contributed by atoms with van der Waals surface area (Å²) in [7, 11) is 0. The Hall–Kier alpha value is -0.380. The fraction of sp³-hybridized carbons (Fsp3) is 0.500. The van der Waals surface area contributed by atoms with E-state index in [4.69, 9.17) is 10.8 Å². The number of hydrogen-bond acceptors (Lipinski definition) is 3. The zero-order chi connectivity index (χ0) is 8.32. The van der Waals surface area contributed by atoms with E-state index >= 15 is 0 Å². The molecule has 62 valence electrons. The summed E-state index contributed by atoms with van der Waals surface area (Å²) in [6.07, 6.45) is 0.768. The van der Waals surface area contributed by atoms with Crippen molar-refractivity contribution in [1.29, 1.82) is 0 Å². The molecule has 0 aliphatic heterocycles. The van der Waals surface area contributed by atoms with Crippen LogP contribution in [0.5, 0.6) is 0 Å². The van der Waals surface area contributed by atoms with Crippen LogP contribution in [0.3, 0.4) is 0 Å². The molecule has 0 fully saturated rings. The van der Waals surface area contributed by atoms with Gasteiger partial charge in [-0.1, -0.05) is 13.0 Å². The zero-order valence-corrected chi connectivity index (χ0v) is 7.40. The van der Waals surface area contributed by atoms with Crippen LogP contribution in [-0.2, 0) is 5.54 Å². The molecule has 1 heterocycles. The van der Waals surface area contributed by atoms with Crippen molar-refractivity contribution in [2.24, 2.45) is 5.73 Å². The van der Waals surface area contributed by atoms with Crippen LogP contribution in [0, 0.1) is 0 Å². The van der Waals surface area contributed by atoms with Gasteiger partial charge in [-0.05, 0) is 17.9 Å². The Labute approximate surface area is 70.7 Å². The Morgan fingerprint density at radius 1 is 1.73 bits per heavy atom. The van der Waals surface area contributed by atoms with E-state index in [-0.39, 0.29) is 6.61 Å². The molecule has 0 bridgehead atoms. The number of thiophene rings is 1. The minimum atomic E-state index is -0.520. The summed E-state index contributed by atoms with van der Waals surface area (Å²) in [5, 5.41) is 11.0. The van der Waals surface area contributed by atoms with Crippen molar-refractivity contribution in [3.63, 3.8) is 0 Å². The summed E-state index contributed by atoms with van der Waals surface area (Å²) in [5.74, 6) is 0. The topological polar surface area (TPSA) is 46.2 Å². The molecule has 3 N–H and O–H groups in total. The van der Waals surface area contributed by atoms with Gasteiger partial charge in [0.15, 0.2) is 0 Å². The fourth-order valence-corrected chi connectivity index (χ4v) is 1.83. The summed E-state index contributed by atoms with van der Waals surface area (Å²) in [4.78, 5) is 1.06. The molecule has 0 saturated carbocycles. The highest BCUT2D eigenvalue weighted by atomic mass is 32.1. The van der Waals surface area contributed by atoms with Crippen LogP contribution >= 0.6 is 11.3 Å². The molecule has 0 radical (unpaired) electrons. The van der Waals surface area contributed by atoms with Gasteiger partial charge in [-0.3, -0.25) is 0 Å². The lowest BCUT2D eigenvalue weighted by molar-refractivity contribution is 0.195. The maximum atomic E-state index is 9.04. The van der Waals surface area contributed by atoms with E-state index in [9.17, 15) is 0 Å². The van der Waals surface area contributed by atoms with Crippen LogP contribution in [0.4, 0.5) is 0 Å². The van der Waals surface area contributed by atoms with Crippen molar-refractivity contribution in [2.45, 2.75) is 18.9 Å². The molecule has 0 aliphatic rings. The van der Waals surface area contributed by atoms with Crippen molar-refractivity contribution in [3.8, 4) is 0 Å². The second-order valence-electron chi connectivity index (χ2n) is 2.65. The minimum absolute atomic E-state index is 0.0179. The Balaban J connectivity index is 2.87. The van der Waals surface area contributed by atoms with E-state index in [0.29, 0.717) is 0 Å². The third-order valence-corrected chi connectivity index (χ3v) is 3.01. The molecule has 2 nitrogen and oxygen atoms in total. The van der Waals surface area contributed by atoms with Gasteiger partial charge in [0.05, 0.1) is 12.1 Å². The van der Waals surface area contributed by atoms with Gasteiger partial charge in [-0.2, -0.15) is 0 Å². The maximum absolute atomic E-state index is 9.04. The lowest BCUT2D eigenvalue weighted by Gasteiger charge is -2.23. The predicted molar refractivity (Wildman–Crippen MR) is 47.6 cm³/mol. The zero-order valence-electron chi connectivity index (χ0n) is 6.58. The molecule has 1 aromatic heterocycles. The van der Waals surface area contributed by atoms with Crippen molar-refractivity contribution in [2.75, 3.05) is 6.61 Å². The van der Waals surface area contributed by atoms with Crippen LogP contribution in [0.15, 0.2) is 17.5 Å². The molecule has 1 atom stereocenters. The minimum Gasteiger partial charge on any atom is -0.394 e. The van der Waals surface area contributed by atoms with Crippen LogP contribution in [0.1, 0.15) is 18.2 Å². The summed E-state index contributed by atoms with van der Waals surface area (Å²) in [6, 6.07) is 3.91. The number of hydrogen-bond donors (Lipinski definition) is 2. The predicted octanol–water partition coefficient (Wildman–Crippen LogP) is 1.30. The summed E-state index contributed by atoms with van der Waals surface area (Å²) in [6.45, 7) is 2.00. The molecule has 0 saturated heterocycles. The normalized spacial score (nSPS) is 16.3. The number of aliphatic hydroxyl groups is 1. The third-order valence-electron chi connectivity index (χ3n) is 1.92. The summed E-state index contributed by atoms with van der Waals surface area (Å²) < 4.78 is 0. The largest absolute Gasteiger partial charge is 0.394 e. The van der Waals surface area contributed by atoms with Gasteiger partial charge >= 0.3 is 0 Å². The molecule has 1 aromatic rings. The Morgan fingerprint density at radius 3 is 2.82 bits per heavy atom. The molecule has 0 unspecified atom stereocenters. The quantitative estimate of drug-likeness (QED) is 0.720. The van der Waals surface area contributed by atoms with E-state index < -0.39 is 5.54 Å². The van der Waals surface area contributed by atoms with Crippen molar-refractivity contribution >= 4 is 11.3 Å². The molecule has 3 heteroatoms. The van der Waals surface area contributed by atoms with Crippen LogP contribution in [0.2, 0.25) is 0 Å². The molecular formula is C8H13NOS. The summed E-state index contributed by atoms with van der Waals surface area (Å²) >= 11 is 1.59. The second kappa shape index (κ2) is 3.34. The van der Waals surface area contributed by atoms with Crippen LogP contribution in [0.25, 0.3) is 0 Å². The van der Waals surface area contributed by atoms with E-state index in [1.165, 1.54) is 0 Å². The van der Waals surface area contributed by atoms with Gasteiger partial charge in [0.25, 0.3) is 0 Å². The molecule has 1 rings (SSSR count). The van der Waals surface area contributed by atoms with Gasteiger partial charge in [-0.25, -0.2) is 0 Å². The molecular weight excluding hydrogens is 158 g/mol. The first-order valence-corrected chi connectivity index (χ1v) is 4.54. The van der Waals surface area contributed by atoms with Crippen molar-refractivity contribution in [3.05, 3.63) is 22.4 Å². The second-order valence-corrected chi connectivity index (χ2v) is 3.59. The molecule has 11 heavy (non-hydrogen) atoms. The third kappa shape index (κ3) is 1.61. The van der Waals surface area contributed by atoms with Gasteiger partial charge in [0.1, 0.15) is 0 Å². The molecule has 0 spiro atoms. The first-order valence-electron chi connectivity index (χ1n) is 3.66. The van der Waals surface area contributed by atoms with Crippen LogP contribution < -0.4 is 5.73 Å².